The number of thiophene rings is 1. The van der Waals surface area contributed by atoms with Crippen LogP contribution in [0.15, 0.2) is 4.79 Å². The average Bonchev–Trinajstić information content (AvgIpc) is 3.08. The van der Waals surface area contributed by atoms with Crippen LogP contribution in [0.3, 0.4) is 0 Å². The van der Waals surface area contributed by atoms with Crippen molar-refractivity contribution in [3.05, 3.63) is 26.6 Å². The molecule has 1 saturated carbocycles. The fourth-order valence-corrected chi connectivity index (χ4v) is 6.68. The Morgan fingerprint density at radius 1 is 1.21 bits per heavy atom. The maximum atomic E-state index is 12.7. The topological polar surface area (TPSA) is 66.1 Å². The van der Waals surface area contributed by atoms with Crippen LogP contribution in [0.25, 0.3) is 10.2 Å². The van der Waals surface area contributed by atoms with Crippen molar-refractivity contribution in [2.45, 2.75) is 76.5 Å². The van der Waals surface area contributed by atoms with Crippen molar-refractivity contribution < 1.29 is 4.79 Å². The number of carbonyl (C=O) groups is 1. The fraction of sp³-hybridized carbons (Fsp3) is 0.667. The van der Waals surface area contributed by atoms with E-state index < -0.39 is 0 Å². The van der Waals surface area contributed by atoms with Crippen molar-refractivity contribution in [1.82, 2.24) is 14.9 Å². The summed E-state index contributed by atoms with van der Waals surface area (Å²) in [6, 6.07) is 0.415. The number of aromatic amines is 1. The van der Waals surface area contributed by atoms with Crippen molar-refractivity contribution in [1.29, 1.82) is 0 Å². The van der Waals surface area contributed by atoms with Crippen molar-refractivity contribution in [3.63, 3.8) is 0 Å². The van der Waals surface area contributed by atoms with Crippen molar-refractivity contribution in [2.24, 2.45) is 0 Å². The highest BCUT2D eigenvalue weighted by Gasteiger charge is 2.24. The molecule has 0 saturated heterocycles. The van der Waals surface area contributed by atoms with E-state index in [2.05, 4.69) is 16.8 Å². The number of carbonyl (C=O) groups excluding carboxylic acids is 1. The number of nitrogens with one attached hydrogen (secondary N) is 1. The van der Waals surface area contributed by atoms with E-state index in [0.29, 0.717) is 23.4 Å². The van der Waals surface area contributed by atoms with Gasteiger partial charge in [-0.05, 0) is 51.0 Å². The van der Waals surface area contributed by atoms with Crippen LogP contribution in [-0.4, -0.2) is 39.1 Å². The summed E-state index contributed by atoms with van der Waals surface area (Å²) < 4.78 is 0. The number of aromatic nitrogens is 2. The third-order valence-corrected chi connectivity index (χ3v) is 8.13. The number of rotatable bonds is 6. The summed E-state index contributed by atoms with van der Waals surface area (Å²) in [7, 11) is 0. The zero-order chi connectivity index (χ0) is 19.5. The Kier molecular flexibility index (Phi) is 6.41. The Morgan fingerprint density at radius 3 is 2.79 bits per heavy atom. The van der Waals surface area contributed by atoms with Gasteiger partial charge in [0.15, 0.2) is 0 Å². The fourth-order valence-electron chi connectivity index (χ4n) is 4.63. The van der Waals surface area contributed by atoms with E-state index in [1.807, 2.05) is 0 Å². The molecule has 2 aliphatic carbocycles. The van der Waals surface area contributed by atoms with Gasteiger partial charge in [0.25, 0.3) is 5.56 Å². The molecule has 0 bridgehead atoms. The molecule has 0 unspecified atom stereocenters. The molecule has 2 aromatic rings. The van der Waals surface area contributed by atoms with E-state index in [1.165, 1.54) is 36.1 Å². The van der Waals surface area contributed by atoms with E-state index in [0.717, 1.165) is 48.9 Å². The Hall–Kier alpha value is -1.34. The van der Waals surface area contributed by atoms with Crippen LogP contribution in [-0.2, 0) is 23.4 Å². The molecule has 1 amide bonds. The van der Waals surface area contributed by atoms with Gasteiger partial charge >= 0.3 is 0 Å². The summed E-state index contributed by atoms with van der Waals surface area (Å²) in [6.07, 6.45) is 10.5. The molecule has 1 N–H and O–H groups in total. The molecule has 2 heterocycles. The average molecular weight is 420 g/mol. The molecule has 1 fully saturated rings. The standard InChI is InChI=1S/C21H29N3O2S2/c1-2-24(14-8-4-3-5-9-14)18(25)13-27-12-17-22-20(26)19-15-10-6-7-11-16(15)28-21(19)23-17/h14H,2-13H2,1H3,(H,22,23,26). The lowest BCUT2D eigenvalue weighted by Gasteiger charge is -2.33. The van der Waals surface area contributed by atoms with Gasteiger partial charge in [0.05, 0.1) is 16.9 Å². The molecule has 28 heavy (non-hydrogen) atoms. The lowest BCUT2D eigenvalue weighted by molar-refractivity contribution is -0.131. The van der Waals surface area contributed by atoms with E-state index in [1.54, 1.807) is 23.1 Å². The van der Waals surface area contributed by atoms with Crippen LogP contribution in [0.1, 0.15) is 68.1 Å². The number of aryl methyl sites for hydroxylation is 2. The lowest BCUT2D eigenvalue weighted by Crippen LogP contribution is -2.42. The Balaban J connectivity index is 1.40. The smallest absolute Gasteiger partial charge is 0.259 e. The zero-order valence-corrected chi connectivity index (χ0v) is 18.2. The SMILES string of the molecule is CCN(C(=O)CSCc1nc2sc3c(c2c(=O)[nH]1)CCCC3)C1CCCCC1. The van der Waals surface area contributed by atoms with Crippen LogP contribution in [0.5, 0.6) is 0 Å². The van der Waals surface area contributed by atoms with Gasteiger partial charge in [0.2, 0.25) is 5.91 Å². The summed E-state index contributed by atoms with van der Waals surface area (Å²) in [5, 5.41) is 0.805. The van der Waals surface area contributed by atoms with Gasteiger partial charge in [-0.15, -0.1) is 23.1 Å². The summed E-state index contributed by atoms with van der Waals surface area (Å²) in [6.45, 7) is 2.86. The lowest BCUT2D eigenvalue weighted by atomic mass is 9.94. The van der Waals surface area contributed by atoms with Gasteiger partial charge in [-0.2, -0.15) is 0 Å². The van der Waals surface area contributed by atoms with Gasteiger partial charge < -0.3 is 9.88 Å². The highest BCUT2D eigenvalue weighted by atomic mass is 32.2. The summed E-state index contributed by atoms with van der Waals surface area (Å²) in [5.74, 6) is 1.93. The van der Waals surface area contributed by atoms with E-state index in [-0.39, 0.29) is 11.5 Å². The first-order valence-corrected chi connectivity index (χ1v) is 12.5. The van der Waals surface area contributed by atoms with Crippen LogP contribution < -0.4 is 5.56 Å². The molecule has 2 aliphatic rings. The number of thioether (sulfide) groups is 1. The maximum absolute atomic E-state index is 12.7. The monoisotopic (exact) mass is 419 g/mol. The number of hydrogen-bond acceptors (Lipinski definition) is 5. The predicted octanol–water partition coefficient (Wildman–Crippen LogP) is 4.28. The molecule has 0 aliphatic heterocycles. The molecule has 5 nitrogen and oxygen atoms in total. The van der Waals surface area contributed by atoms with Gasteiger partial charge in [-0.3, -0.25) is 9.59 Å². The minimum atomic E-state index is -0.0104. The first-order chi connectivity index (χ1) is 13.7. The molecular weight excluding hydrogens is 390 g/mol. The van der Waals surface area contributed by atoms with E-state index >= 15 is 0 Å². The van der Waals surface area contributed by atoms with Gasteiger partial charge in [0.1, 0.15) is 10.7 Å². The maximum Gasteiger partial charge on any atom is 0.259 e. The predicted molar refractivity (Wildman–Crippen MR) is 117 cm³/mol. The Morgan fingerprint density at radius 2 is 2.00 bits per heavy atom. The van der Waals surface area contributed by atoms with E-state index in [4.69, 9.17) is 4.98 Å². The minimum absolute atomic E-state index is 0.0104. The second-order valence-electron chi connectivity index (χ2n) is 7.87. The highest BCUT2D eigenvalue weighted by molar-refractivity contribution is 7.99. The van der Waals surface area contributed by atoms with Gasteiger partial charge in [-0.25, -0.2) is 4.98 Å². The molecule has 0 spiro atoms. The van der Waals surface area contributed by atoms with Crippen LogP contribution in [0.2, 0.25) is 0 Å². The van der Waals surface area contributed by atoms with Gasteiger partial charge in [0, 0.05) is 17.5 Å². The van der Waals surface area contributed by atoms with Crippen LogP contribution in [0, 0.1) is 0 Å². The molecular formula is C21H29N3O2S2. The third-order valence-electron chi connectivity index (χ3n) is 6.01. The number of hydrogen-bond donors (Lipinski definition) is 1. The summed E-state index contributed by atoms with van der Waals surface area (Å²) in [5.41, 5.74) is 1.21. The first-order valence-electron chi connectivity index (χ1n) is 10.6. The van der Waals surface area contributed by atoms with Crippen LogP contribution >= 0.6 is 23.1 Å². The molecule has 0 radical (unpaired) electrons. The van der Waals surface area contributed by atoms with E-state index in [9.17, 15) is 9.59 Å². The number of H-pyrrole nitrogens is 1. The summed E-state index contributed by atoms with van der Waals surface area (Å²) in [4.78, 5) is 37.2. The molecule has 0 atom stereocenters. The largest absolute Gasteiger partial charge is 0.339 e. The number of amides is 1. The molecule has 2 aromatic heterocycles. The second-order valence-corrected chi connectivity index (χ2v) is 9.94. The van der Waals surface area contributed by atoms with Crippen molar-refractivity contribution >= 4 is 39.2 Å². The normalized spacial score (nSPS) is 17.6. The Labute approximate surface area is 174 Å². The third kappa shape index (κ3) is 4.15. The molecule has 0 aromatic carbocycles. The minimum Gasteiger partial charge on any atom is -0.339 e. The second kappa shape index (κ2) is 8.99. The van der Waals surface area contributed by atoms with Crippen molar-refractivity contribution in [2.75, 3.05) is 12.3 Å². The molecule has 152 valence electrons. The first kappa shape index (κ1) is 20.0. The Bertz CT molecular complexity index is 899. The zero-order valence-electron chi connectivity index (χ0n) is 16.6. The van der Waals surface area contributed by atoms with Crippen LogP contribution in [0.4, 0.5) is 0 Å². The van der Waals surface area contributed by atoms with Gasteiger partial charge in [-0.1, -0.05) is 19.3 Å². The van der Waals surface area contributed by atoms with Crippen molar-refractivity contribution in [3.8, 4) is 0 Å². The highest BCUT2D eigenvalue weighted by Crippen LogP contribution is 2.33. The molecule has 7 heteroatoms. The summed E-state index contributed by atoms with van der Waals surface area (Å²) >= 11 is 3.23. The number of nitrogens with zero attached hydrogens (tertiary/aromatic N) is 2. The number of fused-ring (bicyclic) bond motifs is 3. The molecule has 4 rings (SSSR count). The quantitative estimate of drug-likeness (QED) is 0.759.